The maximum Gasteiger partial charge on any atom is 0.451 e. The Morgan fingerprint density at radius 2 is 1.84 bits per heavy atom. The molecule has 0 spiro atoms. The number of aromatic nitrogens is 3. The first-order valence-electron chi connectivity index (χ1n) is 7.77. The highest BCUT2D eigenvalue weighted by molar-refractivity contribution is 5.94. The Hall–Kier alpha value is -2.53. The van der Waals surface area contributed by atoms with Crippen LogP contribution in [0.5, 0.6) is 0 Å². The van der Waals surface area contributed by atoms with E-state index in [1.54, 1.807) is 0 Å². The molecule has 1 aromatic heterocycles. The first-order chi connectivity index (χ1) is 11.7. The van der Waals surface area contributed by atoms with Crippen LogP contribution in [0.15, 0.2) is 4.79 Å². The second-order valence-corrected chi connectivity index (χ2v) is 5.99. The molecule has 2 fully saturated rings. The van der Waals surface area contributed by atoms with Crippen LogP contribution >= 0.6 is 0 Å². The lowest BCUT2D eigenvalue weighted by atomic mass is 10.1. The summed E-state index contributed by atoms with van der Waals surface area (Å²) in [6.45, 7) is 1.14. The second kappa shape index (κ2) is 6.08. The van der Waals surface area contributed by atoms with Gasteiger partial charge in [-0.1, -0.05) is 0 Å². The van der Waals surface area contributed by atoms with Crippen molar-refractivity contribution in [3.8, 4) is 0 Å². The fourth-order valence-corrected chi connectivity index (χ4v) is 3.07. The summed E-state index contributed by atoms with van der Waals surface area (Å²) in [5.74, 6) is -1.25. The molecule has 0 aliphatic carbocycles. The van der Waals surface area contributed by atoms with Gasteiger partial charge in [0.2, 0.25) is 5.82 Å². The van der Waals surface area contributed by atoms with Crippen molar-refractivity contribution in [1.82, 2.24) is 29.5 Å². The molecule has 25 heavy (non-hydrogen) atoms. The molecule has 3 rings (SSSR count). The summed E-state index contributed by atoms with van der Waals surface area (Å²) in [5.41, 5.74) is -0.837. The highest BCUT2D eigenvalue weighted by Gasteiger charge is 2.39. The largest absolute Gasteiger partial charge is 0.451 e. The summed E-state index contributed by atoms with van der Waals surface area (Å²) in [7, 11) is 1.03. The van der Waals surface area contributed by atoms with E-state index in [1.165, 1.54) is 4.90 Å². The molecule has 2 aliphatic rings. The monoisotopic (exact) mass is 362 g/mol. The number of likely N-dealkylation sites (tertiary alicyclic amines) is 1. The topological polar surface area (TPSA) is 92.5 Å². The van der Waals surface area contributed by atoms with Crippen LogP contribution in [0.1, 0.15) is 24.7 Å². The van der Waals surface area contributed by atoms with E-state index >= 15 is 0 Å². The van der Waals surface area contributed by atoms with Gasteiger partial charge in [-0.2, -0.15) is 13.2 Å². The zero-order valence-corrected chi connectivity index (χ0v) is 13.4. The van der Waals surface area contributed by atoms with Crippen molar-refractivity contribution in [1.29, 1.82) is 0 Å². The van der Waals surface area contributed by atoms with E-state index in [2.05, 4.69) is 10.4 Å². The van der Waals surface area contributed by atoms with E-state index in [-0.39, 0.29) is 32.5 Å². The zero-order valence-electron chi connectivity index (χ0n) is 13.4. The van der Waals surface area contributed by atoms with Gasteiger partial charge in [0.05, 0.1) is 6.04 Å². The molecule has 9 nitrogen and oxygen atoms in total. The smallest absolute Gasteiger partial charge is 0.336 e. The minimum atomic E-state index is -4.71. The summed E-state index contributed by atoms with van der Waals surface area (Å²) in [4.78, 5) is 38.4. The van der Waals surface area contributed by atoms with Crippen molar-refractivity contribution in [2.45, 2.75) is 25.1 Å². The summed E-state index contributed by atoms with van der Waals surface area (Å²) < 4.78 is 39.9. The van der Waals surface area contributed by atoms with E-state index in [0.717, 1.165) is 16.6 Å². The molecule has 1 aromatic rings. The summed E-state index contributed by atoms with van der Waals surface area (Å²) in [6.07, 6.45) is -4.14. The van der Waals surface area contributed by atoms with Gasteiger partial charge in [0, 0.05) is 33.2 Å². The Bertz CT molecular complexity index is 747. The van der Waals surface area contributed by atoms with E-state index in [4.69, 9.17) is 0 Å². The predicted octanol–water partition coefficient (Wildman–Crippen LogP) is 0.383. The van der Waals surface area contributed by atoms with Gasteiger partial charge in [-0.05, 0) is 12.8 Å². The van der Waals surface area contributed by atoms with Crippen LogP contribution in [0.4, 0.5) is 22.8 Å². The standard InChI is InChI=1S/C13H17F3N6O3/c1-19-9(13(14,15)16)18-22(11(19)24)8-2-5-20(6-3-8)12(25)21-7-4-17-10(21)23/h8H,2-7H2,1H3,(H,17,23). The maximum absolute atomic E-state index is 12.9. The van der Waals surface area contributed by atoms with Crippen molar-refractivity contribution in [2.75, 3.05) is 26.2 Å². The fourth-order valence-electron chi connectivity index (χ4n) is 3.07. The summed E-state index contributed by atoms with van der Waals surface area (Å²) in [6, 6.07) is -1.41. The first-order valence-corrected chi connectivity index (χ1v) is 7.77. The van der Waals surface area contributed by atoms with Crippen molar-refractivity contribution in [2.24, 2.45) is 7.05 Å². The molecule has 138 valence electrons. The normalized spacial score (nSPS) is 19.4. The van der Waals surface area contributed by atoms with Gasteiger partial charge in [-0.3, -0.25) is 4.57 Å². The predicted molar refractivity (Wildman–Crippen MR) is 77.8 cm³/mol. The van der Waals surface area contributed by atoms with Crippen molar-refractivity contribution in [3.63, 3.8) is 0 Å². The number of rotatable bonds is 1. The Labute approximate surface area is 140 Å². The Morgan fingerprint density at radius 3 is 2.32 bits per heavy atom. The van der Waals surface area contributed by atoms with Crippen molar-refractivity contribution < 1.29 is 22.8 Å². The molecular formula is C13H17F3N6O3. The van der Waals surface area contributed by atoms with Crippen LogP contribution in [0.2, 0.25) is 0 Å². The number of hydrogen-bond donors (Lipinski definition) is 1. The third-order valence-electron chi connectivity index (χ3n) is 4.43. The van der Waals surface area contributed by atoms with Gasteiger partial charge in [0.15, 0.2) is 0 Å². The molecule has 0 radical (unpaired) electrons. The third kappa shape index (κ3) is 3.07. The number of halogens is 3. The molecule has 2 saturated heterocycles. The lowest BCUT2D eigenvalue weighted by Gasteiger charge is -2.33. The van der Waals surface area contributed by atoms with Gasteiger partial charge >= 0.3 is 23.9 Å². The minimum Gasteiger partial charge on any atom is -0.336 e. The van der Waals surface area contributed by atoms with Crippen LogP contribution in [-0.2, 0) is 13.2 Å². The minimum absolute atomic E-state index is 0.234. The van der Waals surface area contributed by atoms with Gasteiger partial charge in [0.25, 0.3) is 0 Å². The molecular weight excluding hydrogens is 345 g/mol. The lowest BCUT2D eigenvalue weighted by molar-refractivity contribution is -0.147. The van der Waals surface area contributed by atoms with Crippen LogP contribution in [0.25, 0.3) is 0 Å². The third-order valence-corrected chi connectivity index (χ3v) is 4.43. The second-order valence-electron chi connectivity index (χ2n) is 5.99. The van der Waals surface area contributed by atoms with Crippen LogP contribution in [-0.4, -0.2) is 62.4 Å². The molecule has 0 saturated carbocycles. The molecule has 0 atom stereocenters. The molecule has 3 heterocycles. The molecule has 0 aromatic carbocycles. The van der Waals surface area contributed by atoms with E-state index < -0.39 is 35.8 Å². The number of nitrogens with zero attached hydrogens (tertiary/aromatic N) is 5. The molecule has 12 heteroatoms. The molecule has 0 unspecified atom stereocenters. The molecule has 4 amide bonds. The van der Waals surface area contributed by atoms with Gasteiger partial charge in [-0.15, -0.1) is 5.10 Å². The Balaban J connectivity index is 1.70. The first kappa shape index (κ1) is 17.3. The average molecular weight is 362 g/mol. The summed E-state index contributed by atoms with van der Waals surface area (Å²) >= 11 is 0. The number of amides is 4. The highest BCUT2D eigenvalue weighted by Crippen LogP contribution is 2.28. The van der Waals surface area contributed by atoms with Crippen LogP contribution in [0.3, 0.4) is 0 Å². The SMILES string of the molecule is Cn1c(C(F)(F)F)nn(C2CCN(C(=O)N3CCNC3=O)CC2)c1=O. The van der Waals surface area contributed by atoms with Crippen molar-refractivity contribution >= 4 is 12.1 Å². The number of carbonyl (C=O) groups excluding carboxylic acids is 2. The maximum atomic E-state index is 12.9. The molecule has 2 aliphatic heterocycles. The number of alkyl halides is 3. The van der Waals surface area contributed by atoms with E-state index in [1.807, 2.05) is 0 Å². The Kier molecular flexibility index (Phi) is 4.21. The van der Waals surface area contributed by atoms with Crippen LogP contribution < -0.4 is 11.0 Å². The van der Waals surface area contributed by atoms with Gasteiger partial charge < -0.3 is 10.2 Å². The van der Waals surface area contributed by atoms with Crippen molar-refractivity contribution in [3.05, 3.63) is 16.3 Å². The van der Waals surface area contributed by atoms with Gasteiger partial charge in [-0.25, -0.2) is 24.0 Å². The number of imide groups is 1. The summed E-state index contributed by atoms with van der Waals surface area (Å²) in [5, 5.41) is 5.96. The average Bonchev–Trinajstić information content (AvgIpc) is 3.11. The number of piperidine rings is 1. The van der Waals surface area contributed by atoms with Gasteiger partial charge in [0.1, 0.15) is 0 Å². The molecule has 1 N–H and O–H groups in total. The quantitative estimate of drug-likeness (QED) is 0.782. The number of carbonyl (C=O) groups is 2. The number of nitrogens with one attached hydrogen (secondary N) is 1. The molecule has 0 bridgehead atoms. The lowest BCUT2D eigenvalue weighted by Crippen LogP contribution is -2.48. The number of hydrogen-bond acceptors (Lipinski definition) is 4. The Morgan fingerprint density at radius 1 is 1.20 bits per heavy atom. The highest BCUT2D eigenvalue weighted by atomic mass is 19.4. The number of urea groups is 2. The van der Waals surface area contributed by atoms with E-state index in [9.17, 15) is 27.6 Å². The zero-order chi connectivity index (χ0) is 18.4. The van der Waals surface area contributed by atoms with Crippen LogP contribution in [0, 0.1) is 0 Å². The fraction of sp³-hybridized carbons (Fsp3) is 0.692. The van der Waals surface area contributed by atoms with E-state index in [0.29, 0.717) is 11.1 Å².